The molecule has 1 amide bonds. The van der Waals surface area contributed by atoms with E-state index in [0.717, 1.165) is 49.5 Å². The van der Waals surface area contributed by atoms with Crippen molar-refractivity contribution in [1.29, 1.82) is 0 Å². The Balaban J connectivity index is 1.37. The Morgan fingerprint density at radius 1 is 1.12 bits per heavy atom. The van der Waals surface area contributed by atoms with Crippen LogP contribution in [0.25, 0.3) is 21.9 Å². The van der Waals surface area contributed by atoms with Gasteiger partial charge in [0, 0.05) is 39.0 Å². The van der Waals surface area contributed by atoms with Crippen molar-refractivity contribution in [2.45, 2.75) is 12.8 Å². The minimum atomic E-state index is -0.0740. The van der Waals surface area contributed by atoms with E-state index in [4.69, 9.17) is 0 Å². The van der Waals surface area contributed by atoms with E-state index in [1.807, 2.05) is 36.4 Å². The Morgan fingerprint density at radius 3 is 2.77 bits per heavy atom. The fourth-order valence-electron chi connectivity index (χ4n) is 2.98. The summed E-state index contributed by atoms with van der Waals surface area (Å²) in [6.45, 7) is 0.597. The predicted molar refractivity (Wildman–Crippen MR) is 110 cm³/mol. The molecular formula is C19H16Br2N4O. The number of aromatic nitrogens is 3. The quantitative estimate of drug-likeness (QED) is 0.358. The summed E-state index contributed by atoms with van der Waals surface area (Å²) >= 11 is 6.96. The lowest BCUT2D eigenvalue weighted by Gasteiger charge is -2.04. The highest BCUT2D eigenvalue weighted by Crippen LogP contribution is 2.30. The first kappa shape index (κ1) is 17.3. The van der Waals surface area contributed by atoms with E-state index in [0.29, 0.717) is 12.1 Å². The molecule has 0 saturated carbocycles. The Kier molecular flexibility index (Phi) is 4.82. The minimum Gasteiger partial charge on any atom is -0.360 e. The molecule has 2 aromatic heterocycles. The molecule has 26 heavy (non-hydrogen) atoms. The maximum atomic E-state index is 12.5. The van der Waals surface area contributed by atoms with Gasteiger partial charge in [0.25, 0.3) is 5.91 Å². The molecule has 0 atom stereocenters. The largest absolute Gasteiger partial charge is 0.360 e. The number of carbonyl (C=O) groups excluding carboxylic acids is 1. The van der Waals surface area contributed by atoms with Crippen LogP contribution in [0.3, 0.4) is 0 Å². The van der Waals surface area contributed by atoms with Gasteiger partial charge in [0.15, 0.2) is 0 Å². The number of H-pyrrole nitrogens is 2. The van der Waals surface area contributed by atoms with Gasteiger partial charge >= 0.3 is 0 Å². The molecule has 0 unspecified atom stereocenters. The van der Waals surface area contributed by atoms with Crippen LogP contribution >= 0.6 is 31.9 Å². The maximum absolute atomic E-state index is 12.5. The first-order valence-corrected chi connectivity index (χ1v) is 9.88. The third-order valence-electron chi connectivity index (χ3n) is 4.28. The van der Waals surface area contributed by atoms with Crippen LogP contribution in [-0.4, -0.2) is 27.4 Å². The zero-order valence-corrected chi connectivity index (χ0v) is 16.9. The molecule has 0 aliphatic heterocycles. The standard InChI is InChI=1S/C19H16Br2N4O/c20-13-8-11-12(10-23-17(11)9-14(13)21)19(26)22-7-3-6-18-24-15-4-1-2-5-16(15)25-18/h1-2,4-5,8-10,23H,3,6-7H2,(H,22,26)(H,24,25). The van der Waals surface area contributed by atoms with Gasteiger partial charge in [-0.3, -0.25) is 4.79 Å². The van der Waals surface area contributed by atoms with Crippen molar-refractivity contribution < 1.29 is 4.79 Å². The van der Waals surface area contributed by atoms with Crippen LogP contribution in [0, 0.1) is 0 Å². The maximum Gasteiger partial charge on any atom is 0.253 e. The Morgan fingerprint density at radius 2 is 1.92 bits per heavy atom. The third kappa shape index (κ3) is 3.41. The smallest absolute Gasteiger partial charge is 0.253 e. The molecule has 4 aromatic rings. The molecule has 2 aromatic carbocycles. The van der Waals surface area contributed by atoms with Crippen LogP contribution in [0.1, 0.15) is 22.6 Å². The molecule has 0 radical (unpaired) electrons. The molecule has 0 bridgehead atoms. The summed E-state index contributed by atoms with van der Waals surface area (Å²) in [6.07, 6.45) is 3.36. The highest BCUT2D eigenvalue weighted by atomic mass is 79.9. The summed E-state index contributed by atoms with van der Waals surface area (Å²) in [5.41, 5.74) is 3.59. The number of carbonyl (C=O) groups is 1. The first-order valence-electron chi connectivity index (χ1n) is 8.30. The van der Waals surface area contributed by atoms with E-state index >= 15 is 0 Å². The number of hydrogen-bond donors (Lipinski definition) is 3. The molecule has 0 aliphatic rings. The van der Waals surface area contributed by atoms with Crippen molar-refractivity contribution in [3.8, 4) is 0 Å². The van der Waals surface area contributed by atoms with E-state index in [-0.39, 0.29) is 5.91 Å². The minimum absolute atomic E-state index is 0.0740. The fraction of sp³-hybridized carbons (Fsp3) is 0.158. The second kappa shape index (κ2) is 7.25. The molecule has 0 fully saturated rings. The number of aryl methyl sites for hydroxylation is 1. The van der Waals surface area contributed by atoms with Gasteiger partial charge in [-0.2, -0.15) is 0 Å². The van der Waals surface area contributed by atoms with Crippen molar-refractivity contribution in [3.63, 3.8) is 0 Å². The summed E-state index contributed by atoms with van der Waals surface area (Å²) in [5.74, 6) is 0.872. The van der Waals surface area contributed by atoms with Gasteiger partial charge in [0.05, 0.1) is 16.6 Å². The fourth-order valence-corrected chi connectivity index (χ4v) is 3.67. The number of benzene rings is 2. The van der Waals surface area contributed by atoms with Crippen LogP contribution in [0.2, 0.25) is 0 Å². The van der Waals surface area contributed by atoms with Crippen molar-refractivity contribution in [1.82, 2.24) is 20.3 Å². The van der Waals surface area contributed by atoms with E-state index in [2.05, 4.69) is 52.1 Å². The number of halogens is 2. The van der Waals surface area contributed by atoms with Gasteiger partial charge < -0.3 is 15.3 Å². The highest BCUT2D eigenvalue weighted by molar-refractivity contribution is 9.13. The number of nitrogens with one attached hydrogen (secondary N) is 3. The van der Waals surface area contributed by atoms with Crippen molar-refractivity contribution >= 4 is 59.7 Å². The summed E-state index contributed by atoms with van der Waals surface area (Å²) in [4.78, 5) is 23.5. The van der Waals surface area contributed by atoms with Gasteiger partial charge in [-0.15, -0.1) is 0 Å². The monoisotopic (exact) mass is 474 g/mol. The van der Waals surface area contributed by atoms with E-state index in [1.54, 1.807) is 6.20 Å². The number of hydrogen-bond acceptors (Lipinski definition) is 2. The molecule has 0 saturated heterocycles. The average Bonchev–Trinajstić information content (AvgIpc) is 3.22. The predicted octanol–water partition coefficient (Wildman–Crippen LogP) is 4.93. The van der Waals surface area contributed by atoms with Gasteiger partial charge in [-0.25, -0.2) is 4.98 Å². The average molecular weight is 476 g/mol. The molecule has 0 aliphatic carbocycles. The molecule has 7 heteroatoms. The summed E-state index contributed by atoms with van der Waals surface area (Å²) in [6, 6.07) is 11.9. The SMILES string of the molecule is O=C(NCCCc1nc2ccccc2[nH]1)c1c[nH]c2cc(Br)c(Br)cc12. The second-order valence-electron chi connectivity index (χ2n) is 6.07. The lowest BCUT2D eigenvalue weighted by molar-refractivity contribution is 0.0955. The molecular weight excluding hydrogens is 460 g/mol. The van der Waals surface area contributed by atoms with Crippen molar-refractivity contribution in [3.05, 3.63) is 62.9 Å². The Hall–Kier alpha value is -2.12. The van der Waals surface area contributed by atoms with E-state index in [1.165, 1.54) is 0 Å². The Bertz CT molecular complexity index is 1070. The van der Waals surface area contributed by atoms with E-state index in [9.17, 15) is 4.79 Å². The number of para-hydroxylation sites is 2. The van der Waals surface area contributed by atoms with Crippen LogP contribution in [-0.2, 0) is 6.42 Å². The molecule has 132 valence electrons. The lowest BCUT2D eigenvalue weighted by Crippen LogP contribution is -2.24. The van der Waals surface area contributed by atoms with Crippen LogP contribution < -0.4 is 5.32 Å². The number of imidazole rings is 1. The Labute approximate surface area is 166 Å². The van der Waals surface area contributed by atoms with Crippen molar-refractivity contribution in [2.75, 3.05) is 6.54 Å². The van der Waals surface area contributed by atoms with Gasteiger partial charge in [-0.1, -0.05) is 12.1 Å². The number of rotatable bonds is 5. The van der Waals surface area contributed by atoms with Gasteiger partial charge in [-0.05, 0) is 62.5 Å². The normalized spacial score (nSPS) is 11.3. The summed E-state index contributed by atoms with van der Waals surface area (Å²) in [5, 5.41) is 3.89. The van der Waals surface area contributed by atoms with Gasteiger partial charge in [0.2, 0.25) is 0 Å². The number of amides is 1. The van der Waals surface area contributed by atoms with Crippen LogP contribution in [0.15, 0.2) is 51.5 Å². The third-order valence-corrected chi connectivity index (χ3v) is 6.13. The molecule has 4 rings (SSSR count). The molecule has 5 nitrogen and oxygen atoms in total. The number of aromatic amines is 2. The topological polar surface area (TPSA) is 73.6 Å². The van der Waals surface area contributed by atoms with Crippen LogP contribution in [0.5, 0.6) is 0 Å². The molecule has 3 N–H and O–H groups in total. The van der Waals surface area contributed by atoms with Crippen LogP contribution in [0.4, 0.5) is 0 Å². The highest BCUT2D eigenvalue weighted by Gasteiger charge is 2.13. The summed E-state index contributed by atoms with van der Waals surface area (Å²) in [7, 11) is 0. The molecule has 2 heterocycles. The second-order valence-corrected chi connectivity index (χ2v) is 7.78. The van der Waals surface area contributed by atoms with Gasteiger partial charge in [0.1, 0.15) is 5.82 Å². The van der Waals surface area contributed by atoms with Crippen molar-refractivity contribution in [2.24, 2.45) is 0 Å². The van der Waals surface area contributed by atoms with E-state index < -0.39 is 0 Å². The first-order chi connectivity index (χ1) is 12.6. The lowest BCUT2D eigenvalue weighted by atomic mass is 10.1. The zero-order chi connectivity index (χ0) is 18.1. The number of fused-ring (bicyclic) bond motifs is 2. The number of nitrogens with zero attached hydrogens (tertiary/aromatic N) is 1. The molecule has 0 spiro atoms. The summed E-state index contributed by atoms with van der Waals surface area (Å²) < 4.78 is 1.87. The zero-order valence-electron chi connectivity index (χ0n) is 13.8.